The molecule has 1 unspecified atom stereocenters. The first-order valence-corrected chi connectivity index (χ1v) is 7.81. The van der Waals surface area contributed by atoms with E-state index >= 15 is 0 Å². The summed E-state index contributed by atoms with van der Waals surface area (Å²) in [4.78, 5) is 1.54. The predicted octanol–water partition coefficient (Wildman–Crippen LogP) is 4.64. The standard InChI is InChI=1S/C16H19NOS/c1-2-18-15-8-4-3-6-14(15)17-13-7-5-9-16-12(13)10-11-19-16/h3-4,6,8,10-11,13,17H,2,5,7,9H2,1H3. The summed E-state index contributed by atoms with van der Waals surface area (Å²) in [6, 6.07) is 10.9. The Morgan fingerprint density at radius 1 is 1.32 bits per heavy atom. The van der Waals surface area contributed by atoms with Crippen LogP contribution in [0, 0.1) is 0 Å². The van der Waals surface area contributed by atoms with Gasteiger partial charge in [0.1, 0.15) is 5.75 Å². The zero-order valence-electron chi connectivity index (χ0n) is 11.2. The summed E-state index contributed by atoms with van der Waals surface area (Å²) in [5.41, 5.74) is 2.58. The molecule has 1 aromatic heterocycles. The molecule has 1 aromatic carbocycles. The van der Waals surface area contributed by atoms with Gasteiger partial charge in [0.15, 0.2) is 0 Å². The molecule has 1 heterocycles. The third kappa shape index (κ3) is 2.61. The van der Waals surface area contributed by atoms with E-state index in [0.29, 0.717) is 12.6 Å². The molecule has 0 bridgehead atoms. The Morgan fingerprint density at radius 3 is 3.11 bits per heavy atom. The van der Waals surface area contributed by atoms with Crippen molar-refractivity contribution in [2.45, 2.75) is 32.2 Å². The molecule has 0 aliphatic heterocycles. The summed E-state index contributed by atoms with van der Waals surface area (Å²) in [5.74, 6) is 0.951. The van der Waals surface area contributed by atoms with Crippen LogP contribution in [0.25, 0.3) is 0 Å². The van der Waals surface area contributed by atoms with Crippen LogP contribution in [-0.4, -0.2) is 6.61 Å². The second-order valence-electron chi connectivity index (χ2n) is 4.82. The first-order chi connectivity index (χ1) is 9.38. The number of anilines is 1. The Labute approximate surface area is 118 Å². The van der Waals surface area contributed by atoms with Crippen molar-refractivity contribution in [3.63, 3.8) is 0 Å². The number of hydrogen-bond acceptors (Lipinski definition) is 3. The Bertz CT molecular complexity index is 549. The number of fused-ring (bicyclic) bond motifs is 1. The summed E-state index contributed by atoms with van der Waals surface area (Å²) in [6.45, 7) is 2.72. The van der Waals surface area contributed by atoms with Crippen molar-refractivity contribution in [2.75, 3.05) is 11.9 Å². The molecule has 2 nitrogen and oxygen atoms in total. The fourth-order valence-electron chi connectivity index (χ4n) is 2.69. The molecule has 3 heteroatoms. The highest BCUT2D eigenvalue weighted by atomic mass is 32.1. The average molecular weight is 273 g/mol. The highest BCUT2D eigenvalue weighted by Crippen LogP contribution is 2.37. The van der Waals surface area contributed by atoms with Gasteiger partial charge in [0.05, 0.1) is 18.3 Å². The number of nitrogens with one attached hydrogen (secondary N) is 1. The lowest BCUT2D eigenvalue weighted by molar-refractivity contribution is 0.341. The third-order valence-corrected chi connectivity index (χ3v) is 4.57. The summed E-state index contributed by atoms with van der Waals surface area (Å²) in [6.07, 6.45) is 3.70. The molecule has 19 heavy (non-hydrogen) atoms. The minimum atomic E-state index is 0.427. The molecule has 2 aromatic rings. The van der Waals surface area contributed by atoms with Crippen LogP contribution in [0.2, 0.25) is 0 Å². The van der Waals surface area contributed by atoms with Gasteiger partial charge in [-0.05, 0) is 55.3 Å². The lowest BCUT2D eigenvalue weighted by Gasteiger charge is -2.25. The predicted molar refractivity (Wildman–Crippen MR) is 81.2 cm³/mol. The van der Waals surface area contributed by atoms with Crippen LogP contribution in [0.4, 0.5) is 5.69 Å². The number of ether oxygens (including phenoxy) is 1. The van der Waals surface area contributed by atoms with E-state index < -0.39 is 0 Å². The molecule has 0 saturated carbocycles. The summed E-state index contributed by atoms with van der Waals surface area (Å²) in [5, 5.41) is 5.87. The average Bonchev–Trinajstić information content (AvgIpc) is 2.91. The quantitative estimate of drug-likeness (QED) is 0.876. The van der Waals surface area contributed by atoms with Crippen LogP contribution in [-0.2, 0) is 6.42 Å². The first kappa shape index (κ1) is 12.5. The van der Waals surface area contributed by atoms with E-state index in [1.807, 2.05) is 30.4 Å². The monoisotopic (exact) mass is 273 g/mol. The topological polar surface area (TPSA) is 21.3 Å². The molecule has 0 spiro atoms. The van der Waals surface area contributed by atoms with E-state index in [2.05, 4.69) is 28.9 Å². The normalized spacial score (nSPS) is 17.8. The number of benzene rings is 1. The Morgan fingerprint density at radius 2 is 2.21 bits per heavy atom. The van der Waals surface area contributed by atoms with E-state index in [0.717, 1.165) is 11.4 Å². The molecule has 0 radical (unpaired) electrons. The second-order valence-corrected chi connectivity index (χ2v) is 5.82. The van der Waals surface area contributed by atoms with E-state index in [-0.39, 0.29) is 0 Å². The van der Waals surface area contributed by atoms with Crippen molar-refractivity contribution in [2.24, 2.45) is 0 Å². The van der Waals surface area contributed by atoms with Crippen LogP contribution in [0.3, 0.4) is 0 Å². The number of hydrogen-bond donors (Lipinski definition) is 1. The van der Waals surface area contributed by atoms with Gasteiger partial charge in [0.2, 0.25) is 0 Å². The van der Waals surface area contributed by atoms with Crippen LogP contribution in [0.1, 0.15) is 36.2 Å². The Hall–Kier alpha value is -1.48. The lowest BCUT2D eigenvalue weighted by Crippen LogP contribution is -2.16. The van der Waals surface area contributed by atoms with Crippen LogP contribution >= 0.6 is 11.3 Å². The SMILES string of the molecule is CCOc1ccccc1NC1CCCc2sccc21. The zero-order chi connectivity index (χ0) is 13.1. The second kappa shape index (κ2) is 5.66. The molecular formula is C16H19NOS. The number of para-hydroxylation sites is 2. The van der Waals surface area contributed by atoms with Crippen LogP contribution in [0.15, 0.2) is 35.7 Å². The van der Waals surface area contributed by atoms with Gasteiger partial charge in [-0.15, -0.1) is 11.3 Å². The molecule has 0 saturated heterocycles. The van der Waals surface area contributed by atoms with Crippen LogP contribution < -0.4 is 10.1 Å². The van der Waals surface area contributed by atoms with Gasteiger partial charge in [-0.2, -0.15) is 0 Å². The summed E-state index contributed by atoms with van der Waals surface area (Å²) < 4.78 is 5.69. The maximum Gasteiger partial charge on any atom is 0.142 e. The van der Waals surface area contributed by atoms with Crippen molar-refractivity contribution in [3.8, 4) is 5.75 Å². The minimum absolute atomic E-state index is 0.427. The number of rotatable bonds is 4. The first-order valence-electron chi connectivity index (χ1n) is 6.93. The Kier molecular flexibility index (Phi) is 3.74. The molecule has 0 amide bonds. The molecule has 1 aliphatic rings. The van der Waals surface area contributed by atoms with Crippen molar-refractivity contribution in [1.82, 2.24) is 0 Å². The van der Waals surface area contributed by atoms with Crippen molar-refractivity contribution < 1.29 is 4.74 Å². The molecule has 1 N–H and O–H groups in total. The van der Waals surface area contributed by atoms with Crippen molar-refractivity contribution in [1.29, 1.82) is 0 Å². The van der Waals surface area contributed by atoms with E-state index in [9.17, 15) is 0 Å². The fourth-order valence-corrected chi connectivity index (χ4v) is 3.68. The molecule has 1 atom stereocenters. The number of thiophene rings is 1. The molecule has 1 aliphatic carbocycles. The van der Waals surface area contributed by atoms with Crippen molar-refractivity contribution >= 4 is 17.0 Å². The van der Waals surface area contributed by atoms with Gasteiger partial charge in [-0.1, -0.05) is 12.1 Å². The smallest absolute Gasteiger partial charge is 0.142 e. The van der Waals surface area contributed by atoms with Gasteiger partial charge in [0.25, 0.3) is 0 Å². The molecule has 3 rings (SSSR count). The molecule has 0 fully saturated rings. The highest BCUT2D eigenvalue weighted by molar-refractivity contribution is 7.10. The maximum absolute atomic E-state index is 5.69. The summed E-state index contributed by atoms with van der Waals surface area (Å²) in [7, 11) is 0. The van der Waals surface area contributed by atoms with E-state index in [1.54, 1.807) is 0 Å². The minimum Gasteiger partial charge on any atom is -0.492 e. The summed E-state index contributed by atoms with van der Waals surface area (Å²) >= 11 is 1.88. The largest absolute Gasteiger partial charge is 0.492 e. The van der Waals surface area contributed by atoms with E-state index in [1.165, 1.54) is 29.7 Å². The van der Waals surface area contributed by atoms with Crippen molar-refractivity contribution in [3.05, 3.63) is 46.2 Å². The van der Waals surface area contributed by atoms with Gasteiger partial charge >= 0.3 is 0 Å². The fraction of sp³-hybridized carbons (Fsp3) is 0.375. The zero-order valence-corrected chi connectivity index (χ0v) is 12.0. The van der Waals surface area contributed by atoms with Gasteiger partial charge in [0, 0.05) is 4.88 Å². The maximum atomic E-state index is 5.69. The van der Waals surface area contributed by atoms with Gasteiger partial charge < -0.3 is 10.1 Å². The Balaban J connectivity index is 1.83. The number of aryl methyl sites for hydroxylation is 1. The third-order valence-electron chi connectivity index (χ3n) is 3.57. The molecule has 100 valence electrons. The lowest BCUT2D eigenvalue weighted by atomic mass is 9.94. The highest BCUT2D eigenvalue weighted by Gasteiger charge is 2.21. The van der Waals surface area contributed by atoms with Gasteiger partial charge in [-0.25, -0.2) is 0 Å². The molecular weight excluding hydrogens is 254 g/mol. The van der Waals surface area contributed by atoms with Gasteiger partial charge in [-0.3, -0.25) is 0 Å². The van der Waals surface area contributed by atoms with Crippen LogP contribution in [0.5, 0.6) is 5.75 Å². The van der Waals surface area contributed by atoms with E-state index in [4.69, 9.17) is 4.74 Å².